The third kappa shape index (κ3) is 1.63. The zero-order valence-electron chi connectivity index (χ0n) is 9.12. The van der Waals surface area contributed by atoms with Crippen LogP contribution in [0.25, 0.3) is 11.1 Å². The third-order valence-electron chi connectivity index (χ3n) is 3.18. The number of nitrogens with zero attached hydrogens (tertiary/aromatic N) is 1. The molecule has 84 valence electrons. The van der Waals surface area contributed by atoms with Gasteiger partial charge in [0, 0.05) is 11.3 Å². The van der Waals surface area contributed by atoms with E-state index in [1.165, 1.54) is 11.3 Å². The van der Waals surface area contributed by atoms with E-state index in [4.69, 9.17) is 12.2 Å². The summed E-state index contributed by atoms with van der Waals surface area (Å²) in [6, 6.07) is 4.31. The summed E-state index contributed by atoms with van der Waals surface area (Å²) in [5.74, 6) is 0. The summed E-state index contributed by atoms with van der Waals surface area (Å²) >= 11 is 6.93. The lowest BCUT2D eigenvalue weighted by Crippen LogP contribution is -1.97. The molecule has 0 unspecified atom stereocenters. The minimum atomic E-state index is 0.578. The van der Waals surface area contributed by atoms with Crippen LogP contribution in [0.2, 0.25) is 0 Å². The number of nitrogens with one attached hydrogen (secondary N) is 1. The first-order chi connectivity index (χ1) is 8.31. The van der Waals surface area contributed by atoms with E-state index in [0.717, 1.165) is 30.4 Å². The van der Waals surface area contributed by atoms with Crippen LogP contribution in [0.15, 0.2) is 16.8 Å². The average Bonchev–Trinajstić information content (AvgIpc) is 2.97. The van der Waals surface area contributed by atoms with E-state index in [1.807, 2.05) is 5.38 Å². The largest absolute Gasteiger partial charge is 0.349 e. The summed E-state index contributed by atoms with van der Waals surface area (Å²) < 4.78 is 0.578. The summed E-state index contributed by atoms with van der Waals surface area (Å²) in [5.41, 5.74) is 5.32. The van der Waals surface area contributed by atoms with E-state index < -0.39 is 0 Å². The quantitative estimate of drug-likeness (QED) is 0.789. The third-order valence-corrected chi connectivity index (χ3v) is 4.17. The average molecular weight is 258 g/mol. The van der Waals surface area contributed by atoms with Gasteiger partial charge >= 0.3 is 0 Å². The second-order valence-electron chi connectivity index (χ2n) is 4.14. The predicted molar refractivity (Wildman–Crippen MR) is 71.7 cm³/mol. The lowest BCUT2D eigenvalue weighted by atomic mass is 9.98. The van der Waals surface area contributed by atoms with E-state index in [9.17, 15) is 5.26 Å². The van der Waals surface area contributed by atoms with E-state index in [2.05, 4.69) is 22.5 Å². The molecule has 0 saturated heterocycles. The maximum atomic E-state index is 9.30. The van der Waals surface area contributed by atoms with E-state index in [0.29, 0.717) is 10.2 Å². The van der Waals surface area contributed by atoms with Crippen molar-refractivity contribution in [2.75, 3.05) is 0 Å². The van der Waals surface area contributed by atoms with E-state index in [1.54, 1.807) is 11.3 Å². The second kappa shape index (κ2) is 4.10. The van der Waals surface area contributed by atoms with Crippen LogP contribution < -0.4 is 0 Å². The fourth-order valence-corrected chi connectivity index (χ4v) is 3.37. The van der Waals surface area contributed by atoms with Gasteiger partial charge in [-0.15, -0.1) is 0 Å². The van der Waals surface area contributed by atoms with Gasteiger partial charge in [0.1, 0.15) is 10.7 Å². The molecular weight excluding hydrogens is 248 g/mol. The smallest absolute Gasteiger partial charge is 0.122 e. The van der Waals surface area contributed by atoms with Gasteiger partial charge in [-0.2, -0.15) is 16.6 Å². The highest BCUT2D eigenvalue weighted by molar-refractivity contribution is 7.71. The number of H-pyrrole nitrogens is 1. The van der Waals surface area contributed by atoms with Gasteiger partial charge in [0.2, 0.25) is 0 Å². The van der Waals surface area contributed by atoms with Gasteiger partial charge in [-0.05, 0) is 47.2 Å². The number of aryl methyl sites for hydroxylation is 1. The lowest BCUT2D eigenvalue weighted by Gasteiger charge is -2.09. The standard InChI is InChI=1S/C13H10N2S2/c14-6-10-12(8-4-5-17-7-8)9-2-1-3-11(9)15-13(10)16/h4-5,7H,1-3H2,(H,15,16). The zero-order chi connectivity index (χ0) is 11.8. The SMILES string of the molecule is N#Cc1c(-c2ccsc2)c2c([nH]c1=S)CCC2. The fraction of sp³-hybridized carbons (Fsp3) is 0.231. The molecule has 0 aliphatic heterocycles. The molecule has 1 aliphatic carbocycles. The van der Waals surface area contributed by atoms with Crippen molar-refractivity contribution in [3.63, 3.8) is 0 Å². The molecule has 17 heavy (non-hydrogen) atoms. The van der Waals surface area contributed by atoms with Gasteiger partial charge in [0.25, 0.3) is 0 Å². The van der Waals surface area contributed by atoms with Gasteiger partial charge in [0.05, 0.1) is 5.56 Å². The van der Waals surface area contributed by atoms with Gasteiger partial charge in [-0.25, -0.2) is 0 Å². The zero-order valence-corrected chi connectivity index (χ0v) is 10.8. The molecule has 1 aliphatic rings. The first-order valence-corrected chi connectivity index (χ1v) is 6.87. The summed E-state index contributed by atoms with van der Waals surface area (Å²) in [6.45, 7) is 0. The van der Waals surface area contributed by atoms with Crippen LogP contribution in [0.3, 0.4) is 0 Å². The minimum absolute atomic E-state index is 0.578. The van der Waals surface area contributed by atoms with Crippen molar-refractivity contribution in [2.45, 2.75) is 19.3 Å². The lowest BCUT2D eigenvalue weighted by molar-refractivity contribution is 0.899. The molecule has 0 spiro atoms. The van der Waals surface area contributed by atoms with Crippen LogP contribution >= 0.6 is 23.6 Å². The molecule has 2 heterocycles. The number of hydrogen-bond donors (Lipinski definition) is 1. The maximum Gasteiger partial charge on any atom is 0.122 e. The highest BCUT2D eigenvalue weighted by Gasteiger charge is 2.21. The molecule has 0 bridgehead atoms. The van der Waals surface area contributed by atoms with Gasteiger partial charge in [-0.1, -0.05) is 12.2 Å². The van der Waals surface area contributed by atoms with Crippen molar-refractivity contribution in [1.82, 2.24) is 4.98 Å². The molecule has 3 rings (SSSR count). The highest BCUT2D eigenvalue weighted by Crippen LogP contribution is 2.35. The Morgan fingerprint density at radius 2 is 2.29 bits per heavy atom. The Hall–Kier alpha value is -1.44. The van der Waals surface area contributed by atoms with Crippen LogP contribution in [0.5, 0.6) is 0 Å². The minimum Gasteiger partial charge on any atom is -0.349 e. The molecule has 4 heteroatoms. The summed E-state index contributed by atoms with van der Waals surface area (Å²) in [6.07, 6.45) is 3.23. The van der Waals surface area contributed by atoms with E-state index >= 15 is 0 Å². The molecule has 0 saturated carbocycles. The van der Waals surface area contributed by atoms with Crippen molar-refractivity contribution < 1.29 is 0 Å². The van der Waals surface area contributed by atoms with Crippen LogP contribution in [-0.4, -0.2) is 4.98 Å². The van der Waals surface area contributed by atoms with Gasteiger partial charge < -0.3 is 4.98 Å². The molecule has 2 nitrogen and oxygen atoms in total. The van der Waals surface area contributed by atoms with Crippen molar-refractivity contribution in [2.24, 2.45) is 0 Å². The second-order valence-corrected chi connectivity index (χ2v) is 5.33. The van der Waals surface area contributed by atoms with Crippen LogP contribution in [0.4, 0.5) is 0 Å². The van der Waals surface area contributed by atoms with Crippen molar-refractivity contribution >= 4 is 23.6 Å². The summed E-state index contributed by atoms with van der Waals surface area (Å²) in [7, 11) is 0. The Kier molecular flexibility index (Phi) is 2.58. The summed E-state index contributed by atoms with van der Waals surface area (Å²) in [4.78, 5) is 3.21. The molecule has 0 aromatic carbocycles. The number of rotatable bonds is 1. The van der Waals surface area contributed by atoms with Gasteiger partial charge in [0.15, 0.2) is 0 Å². The molecule has 0 fully saturated rings. The normalized spacial score (nSPS) is 13.4. The number of aromatic amines is 1. The number of nitriles is 1. The van der Waals surface area contributed by atoms with Crippen LogP contribution in [0.1, 0.15) is 23.2 Å². The number of fused-ring (bicyclic) bond motifs is 1. The van der Waals surface area contributed by atoms with Gasteiger partial charge in [-0.3, -0.25) is 0 Å². The number of aromatic nitrogens is 1. The number of pyridine rings is 1. The monoisotopic (exact) mass is 258 g/mol. The van der Waals surface area contributed by atoms with Crippen LogP contribution in [0, 0.1) is 16.0 Å². The van der Waals surface area contributed by atoms with Crippen molar-refractivity contribution in [1.29, 1.82) is 5.26 Å². The Morgan fingerprint density at radius 1 is 1.41 bits per heavy atom. The topological polar surface area (TPSA) is 39.6 Å². The molecular formula is C13H10N2S2. The molecule has 0 radical (unpaired) electrons. The number of thiophene rings is 1. The molecule has 2 aromatic rings. The molecule has 0 amide bonds. The fourth-order valence-electron chi connectivity index (χ4n) is 2.45. The molecule has 0 atom stereocenters. The molecule has 1 N–H and O–H groups in total. The first-order valence-electron chi connectivity index (χ1n) is 5.52. The Labute approximate surface area is 109 Å². The maximum absolute atomic E-state index is 9.30. The Morgan fingerprint density at radius 3 is 3.00 bits per heavy atom. The van der Waals surface area contributed by atoms with Crippen molar-refractivity contribution in [3.8, 4) is 17.2 Å². The summed E-state index contributed by atoms with van der Waals surface area (Å²) in [5, 5.41) is 13.4. The Balaban J connectivity index is 2.40. The highest BCUT2D eigenvalue weighted by atomic mass is 32.1. The van der Waals surface area contributed by atoms with E-state index in [-0.39, 0.29) is 0 Å². The predicted octanol–water partition coefficient (Wildman–Crippen LogP) is 3.83. The number of hydrogen-bond acceptors (Lipinski definition) is 3. The van der Waals surface area contributed by atoms with Crippen molar-refractivity contribution in [3.05, 3.63) is 38.3 Å². The Bertz CT molecular complexity index is 660. The molecule has 2 aromatic heterocycles. The first kappa shape index (κ1) is 10.7. The van der Waals surface area contributed by atoms with Crippen LogP contribution in [-0.2, 0) is 12.8 Å².